The first-order valence-corrected chi connectivity index (χ1v) is 4.80. The van der Waals surface area contributed by atoms with Gasteiger partial charge in [0, 0.05) is 5.57 Å². The van der Waals surface area contributed by atoms with E-state index in [1.54, 1.807) is 0 Å². The van der Waals surface area contributed by atoms with E-state index in [9.17, 15) is 14.4 Å². The number of carboxylic acids is 2. The number of carbonyl (C=O) groups is 3. The SMILES string of the molecule is C=C(C)C(=O)OC=CCC(CC(=O)O)C(=O)O. The van der Waals surface area contributed by atoms with Gasteiger partial charge in [-0.25, -0.2) is 4.79 Å². The van der Waals surface area contributed by atoms with Crippen LogP contribution in [0.5, 0.6) is 0 Å². The minimum atomic E-state index is -1.21. The van der Waals surface area contributed by atoms with E-state index in [2.05, 4.69) is 11.3 Å². The van der Waals surface area contributed by atoms with E-state index in [0.29, 0.717) is 0 Å². The summed E-state index contributed by atoms with van der Waals surface area (Å²) in [5.41, 5.74) is 0.218. The van der Waals surface area contributed by atoms with Gasteiger partial charge in [0.2, 0.25) is 0 Å². The number of allylic oxidation sites excluding steroid dienone is 1. The fourth-order valence-electron chi connectivity index (χ4n) is 0.913. The van der Waals surface area contributed by atoms with Gasteiger partial charge in [-0.15, -0.1) is 0 Å². The normalized spacial score (nSPS) is 12.1. The van der Waals surface area contributed by atoms with Gasteiger partial charge >= 0.3 is 17.9 Å². The van der Waals surface area contributed by atoms with Crippen LogP contribution in [0.3, 0.4) is 0 Å². The van der Waals surface area contributed by atoms with Crippen LogP contribution in [-0.2, 0) is 19.1 Å². The van der Waals surface area contributed by atoms with Crippen molar-refractivity contribution < 1.29 is 29.3 Å². The maximum atomic E-state index is 10.9. The van der Waals surface area contributed by atoms with Crippen molar-refractivity contribution in [3.05, 3.63) is 24.5 Å². The Balaban J connectivity index is 4.17. The van der Waals surface area contributed by atoms with Crippen LogP contribution in [0.25, 0.3) is 0 Å². The van der Waals surface area contributed by atoms with Crippen LogP contribution in [0.4, 0.5) is 0 Å². The molecule has 0 aliphatic heterocycles. The highest BCUT2D eigenvalue weighted by molar-refractivity contribution is 5.87. The van der Waals surface area contributed by atoms with Crippen LogP contribution >= 0.6 is 0 Å². The van der Waals surface area contributed by atoms with Crippen molar-refractivity contribution in [1.82, 2.24) is 0 Å². The average molecular weight is 242 g/mol. The Labute approximate surface area is 98.2 Å². The molecule has 0 heterocycles. The van der Waals surface area contributed by atoms with Crippen molar-refractivity contribution in [2.45, 2.75) is 19.8 Å². The maximum Gasteiger partial charge on any atom is 0.337 e. The highest BCUT2D eigenvalue weighted by atomic mass is 16.5. The lowest BCUT2D eigenvalue weighted by molar-refractivity contribution is -0.148. The molecule has 0 aromatic heterocycles. The summed E-state index contributed by atoms with van der Waals surface area (Å²) in [6, 6.07) is 0. The lowest BCUT2D eigenvalue weighted by Crippen LogP contribution is -2.17. The lowest BCUT2D eigenvalue weighted by atomic mass is 10.0. The quantitative estimate of drug-likeness (QED) is 0.395. The monoisotopic (exact) mass is 242 g/mol. The predicted molar refractivity (Wildman–Crippen MR) is 58.0 cm³/mol. The summed E-state index contributed by atoms with van der Waals surface area (Å²) >= 11 is 0. The molecule has 6 heteroatoms. The largest absolute Gasteiger partial charge is 0.481 e. The van der Waals surface area contributed by atoms with Crippen molar-refractivity contribution >= 4 is 17.9 Å². The molecule has 1 unspecified atom stereocenters. The highest BCUT2D eigenvalue weighted by Crippen LogP contribution is 2.10. The third-order valence-corrected chi connectivity index (χ3v) is 1.81. The molecule has 17 heavy (non-hydrogen) atoms. The molecule has 0 rings (SSSR count). The van der Waals surface area contributed by atoms with E-state index >= 15 is 0 Å². The van der Waals surface area contributed by atoms with Gasteiger partial charge in [0.1, 0.15) is 0 Å². The molecule has 0 aromatic carbocycles. The van der Waals surface area contributed by atoms with Gasteiger partial charge in [-0.1, -0.05) is 6.58 Å². The molecular weight excluding hydrogens is 228 g/mol. The molecule has 0 saturated heterocycles. The Bertz CT molecular complexity index is 355. The second-order valence-electron chi connectivity index (χ2n) is 3.43. The number of carbonyl (C=O) groups excluding carboxylic acids is 1. The van der Waals surface area contributed by atoms with Crippen LogP contribution in [-0.4, -0.2) is 28.1 Å². The van der Waals surface area contributed by atoms with E-state index in [4.69, 9.17) is 10.2 Å². The number of hydrogen-bond acceptors (Lipinski definition) is 4. The Hall–Kier alpha value is -2.11. The minimum absolute atomic E-state index is 0.0227. The molecule has 94 valence electrons. The molecule has 1 atom stereocenters. The van der Waals surface area contributed by atoms with E-state index in [1.165, 1.54) is 13.0 Å². The molecule has 0 radical (unpaired) electrons. The smallest absolute Gasteiger partial charge is 0.337 e. The van der Waals surface area contributed by atoms with Gasteiger partial charge < -0.3 is 14.9 Å². The fraction of sp³-hybridized carbons (Fsp3) is 0.364. The van der Waals surface area contributed by atoms with Gasteiger partial charge in [0.25, 0.3) is 0 Å². The van der Waals surface area contributed by atoms with Gasteiger partial charge in [-0.3, -0.25) is 9.59 Å². The molecule has 0 amide bonds. The molecule has 0 spiro atoms. The molecule has 2 N–H and O–H groups in total. The van der Waals surface area contributed by atoms with Crippen molar-refractivity contribution in [2.75, 3.05) is 0 Å². The Kier molecular flexibility index (Phi) is 6.32. The number of esters is 1. The van der Waals surface area contributed by atoms with Gasteiger partial charge in [0.15, 0.2) is 0 Å². The maximum absolute atomic E-state index is 10.9. The van der Waals surface area contributed by atoms with Crippen molar-refractivity contribution in [3.63, 3.8) is 0 Å². The number of aliphatic carboxylic acids is 2. The number of rotatable bonds is 7. The molecule has 6 nitrogen and oxygen atoms in total. The van der Waals surface area contributed by atoms with E-state index in [1.807, 2.05) is 0 Å². The van der Waals surface area contributed by atoms with E-state index < -0.39 is 30.2 Å². The van der Waals surface area contributed by atoms with Crippen molar-refractivity contribution in [3.8, 4) is 0 Å². The second kappa shape index (κ2) is 7.21. The summed E-state index contributed by atoms with van der Waals surface area (Å²) in [6.07, 6.45) is 1.83. The zero-order chi connectivity index (χ0) is 13.4. The molecule has 0 bridgehead atoms. The van der Waals surface area contributed by atoms with Crippen LogP contribution in [0, 0.1) is 5.92 Å². The molecular formula is C11H14O6. The van der Waals surface area contributed by atoms with Gasteiger partial charge in [0.05, 0.1) is 18.6 Å². The summed E-state index contributed by atoms with van der Waals surface area (Å²) in [7, 11) is 0. The molecule has 0 fully saturated rings. The minimum Gasteiger partial charge on any atom is -0.481 e. The third kappa shape index (κ3) is 6.88. The summed E-state index contributed by atoms with van der Waals surface area (Å²) in [4.78, 5) is 31.9. The standard InChI is InChI=1S/C11H14O6/c1-7(2)11(16)17-5-3-4-8(10(14)15)6-9(12)13/h3,5,8H,1,4,6H2,2H3,(H,12,13)(H,14,15). The van der Waals surface area contributed by atoms with Crippen molar-refractivity contribution in [2.24, 2.45) is 5.92 Å². The highest BCUT2D eigenvalue weighted by Gasteiger charge is 2.19. The van der Waals surface area contributed by atoms with Crippen LogP contribution in [0.2, 0.25) is 0 Å². The summed E-state index contributed by atoms with van der Waals surface area (Å²) < 4.78 is 4.58. The lowest BCUT2D eigenvalue weighted by Gasteiger charge is -2.05. The summed E-state index contributed by atoms with van der Waals surface area (Å²) in [6.45, 7) is 4.83. The van der Waals surface area contributed by atoms with E-state index in [0.717, 1.165) is 6.26 Å². The third-order valence-electron chi connectivity index (χ3n) is 1.81. The number of ether oxygens (including phenoxy) is 1. The van der Waals surface area contributed by atoms with Gasteiger partial charge in [-0.2, -0.15) is 0 Å². The van der Waals surface area contributed by atoms with Gasteiger partial charge in [-0.05, 0) is 19.4 Å². The summed E-state index contributed by atoms with van der Waals surface area (Å²) in [5.74, 6) is -4.05. The Morgan fingerprint density at radius 1 is 1.35 bits per heavy atom. The molecule has 0 aliphatic carbocycles. The topological polar surface area (TPSA) is 101 Å². The number of carboxylic acid groups (broad SMARTS) is 2. The molecule has 0 saturated carbocycles. The average Bonchev–Trinajstić information content (AvgIpc) is 2.21. The first-order valence-electron chi connectivity index (χ1n) is 4.80. The predicted octanol–water partition coefficient (Wildman–Crippen LogP) is 1.18. The Morgan fingerprint density at radius 3 is 2.35 bits per heavy atom. The fourth-order valence-corrected chi connectivity index (χ4v) is 0.913. The molecule has 0 aromatic rings. The zero-order valence-electron chi connectivity index (χ0n) is 9.38. The van der Waals surface area contributed by atoms with Crippen LogP contribution in [0.1, 0.15) is 19.8 Å². The summed E-state index contributed by atoms with van der Waals surface area (Å²) in [5, 5.41) is 17.2. The van der Waals surface area contributed by atoms with Crippen molar-refractivity contribution in [1.29, 1.82) is 0 Å². The number of hydrogen-bond donors (Lipinski definition) is 2. The van der Waals surface area contributed by atoms with Crippen LogP contribution < -0.4 is 0 Å². The van der Waals surface area contributed by atoms with E-state index in [-0.39, 0.29) is 12.0 Å². The zero-order valence-corrected chi connectivity index (χ0v) is 9.38. The molecule has 0 aliphatic rings. The van der Waals surface area contributed by atoms with Crippen LogP contribution in [0.15, 0.2) is 24.5 Å². The Morgan fingerprint density at radius 2 is 1.94 bits per heavy atom. The second-order valence-corrected chi connectivity index (χ2v) is 3.43. The first-order chi connectivity index (χ1) is 7.84. The first kappa shape index (κ1) is 14.9.